The molecule has 0 bridgehead atoms. The van der Waals surface area contributed by atoms with Gasteiger partial charge in [-0.25, -0.2) is 13.6 Å². The van der Waals surface area contributed by atoms with Crippen LogP contribution in [0.15, 0.2) is 6.07 Å². The number of benzene rings is 1. The second kappa shape index (κ2) is 4.92. The summed E-state index contributed by atoms with van der Waals surface area (Å²) >= 11 is 0. The molecule has 0 radical (unpaired) electrons. The number of esters is 1. The summed E-state index contributed by atoms with van der Waals surface area (Å²) in [5.74, 6) is -2.59. The molecule has 5 heteroatoms. The van der Waals surface area contributed by atoms with Crippen LogP contribution >= 0.6 is 0 Å². The molecule has 0 unspecified atom stereocenters. The zero-order valence-electron chi connectivity index (χ0n) is 10.3. The summed E-state index contributed by atoms with van der Waals surface area (Å²) in [4.78, 5) is 11.7. The second-order valence-corrected chi connectivity index (χ2v) is 4.36. The number of carbonyl (C=O) groups is 1. The molecule has 1 aromatic carbocycles. The lowest BCUT2D eigenvalue weighted by molar-refractivity contribution is 0.0526. The highest BCUT2D eigenvalue weighted by atomic mass is 19.2. The van der Waals surface area contributed by atoms with E-state index in [1.54, 1.807) is 6.92 Å². The van der Waals surface area contributed by atoms with Crippen LogP contribution < -0.4 is 5.32 Å². The minimum atomic E-state index is -1.03. The first-order chi connectivity index (χ1) is 8.54. The van der Waals surface area contributed by atoms with Gasteiger partial charge in [-0.2, -0.15) is 0 Å². The van der Waals surface area contributed by atoms with Crippen molar-refractivity contribution < 1.29 is 18.3 Å². The Morgan fingerprint density at radius 1 is 1.50 bits per heavy atom. The Bertz CT molecular complexity index is 484. The number of hydrogen-bond donors (Lipinski definition) is 1. The van der Waals surface area contributed by atoms with Crippen LogP contribution in [0.5, 0.6) is 0 Å². The third-order valence-corrected chi connectivity index (χ3v) is 2.88. The van der Waals surface area contributed by atoms with Gasteiger partial charge in [-0.15, -0.1) is 0 Å². The van der Waals surface area contributed by atoms with Crippen LogP contribution in [0.4, 0.5) is 14.5 Å². The average Bonchev–Trinajstić information content (AvgIpc) is 3.14. The predicted octanol–water partition coefficient (Wildman–Crippen LogP) is 3.02. The molecule has 3 nitrogen and oxygen atoms in total. The van der Waals surface area contributed by atoms with Gasteiger partial charge in [-0.05, 0) is 32.8 Å². The van der Waals surface area contributed by atoms with Crippen molar-refractivity contribution in [3.63, 3.8) is 0 Å². The standard InChI is InChI=1S/C13H15F2NO2/c1-3-18-13(17)9-6-10(14)11(15)7(2)12(9)16-8-4-5-8/h6,8,16H,3-5H2,1-2H3. The molecule has 1 aliphatic rings. The molecule has 0 amide bonds. The lowest BCUT2D eigenvalue weighted by Gasteiger charge is -2.14. The van der Waals surface area contributed by atoms with Gasteiger partial charge in [0, 0.05) is 11.6 Å². The van der Waals surface area contributed by atoms with E-state index in [1.807, 2.05) is 0 Å². The lowest BCUT2D eigenvalue weighted by Crippen LogP contribution is -2.14. The molecule has 18 heavy (non-hydrogen) atoms. The number of nitrogens with one attached hydrogen (secondary N) is 1. The van der Waals surface area contributed by atoms with Crippen LogP contribution in [-0.2, 0) is 4.74 Å². The molecule has 1 aliphatic carbocycles. The average molecular weight is 255 g/mol. The summed E-state index contributed by atoms with van der Waals surface area (Å²) in [6.07, 6.45) is 1.95. The summed E-state index contributed by atoms with van der Waals surface area (Å²) in [6, 6.07) is 1.13. The van der Waals surface area contributed by atoms with E-state index in [9.17, 15) is 13.6 Å². The zero-order chi connectivity index (χ0) is 13.3. The third-order valence-electron chi connectivity index (χ3n) is 2.88. The zero-order valence-corrected chi connectivity index (χ0v) is 10.3. The molecule has 1 saturated carbocycles. The molecular weight excluding hydrogens is 240 g/mol. The Morgan fingerprint density at radius 3 is 2.72 bits per heavy atom. The molecule has 1 fully saturated rings. The number of anilines is 1. The maximum Gasteiger partial charge on any atom is 0.340 e. The molecule has 1 aromatic rings. The molecule has 0 spiro atoms. The molecule has 0 atom stereocenters. The Kier molecular flexibility index (Phi) is 3.50. The first-order valence-corrected chi connectivity index (χ1v) is 5.96. The number of rotatable bonds is 4. The maximum atomic E-state index is 13.5. The van der Waals surface area contributed by atoms with Gasteiger partial charge >= 0.3 is 5.97 Å². The molecule has 0 aromatic heterocycles. The fraction of sp³-hybridized carbons (Fsp3) is 0.462. The fourth-order valence-corrected chi connectivity index (χ4v) is 1.74. The van der Waals surface area contributed by atoms with Crippen LogP contribution in [-0.4, -0.2) is 18.6 Å². The molecule has 0 saturated heterocycles. The van der Waals surface area contributed by atoms with Gasteiger partial charge in [-0.3, -0.25) is 0 Å². The van der Waals surface area contributed by atoms with E-state index in [0.29, 0.717) is 5.69 Å². The van der Waals surface area contributed by atoms with Gasteiger partial charge in [0.25, 0.3) is 0 Å². The van der Waals surface area contributed by atoms with E-state index >= 15 is 0 Å². The summed E-state index contributed by atoms with van der Waals surface area (Å²) in [7, 11) is 0. The topological polar surface area (TPSA) is 38.3 Å². The van der Waals surface area contributed by atoms with Gasteiger partial charge in [-0.1, -0.05) is 0 Å². The fourth-order valence-electron chi connectivity index (χ4n) is 1.74. The highest BCUT2D eigenvalue weighted by Crippen LogP contribution is 2.32. The van der Waals surface area contributed by atoms with Crippen molar-refractivity contribution in [2.45, 2.75) is 32.7 Å². The normalized spacial score (nSPS) is 14.4. The summed E-state index contributed by atoms with van der Waals surface area (Å²) < 4.78 is 31.7. The number of halogens is 2. The quantitative estimate of drug-likeness (QED) is 0.840. The number of carbonyl (C=O) groups excluding carboxylic acids is 1. The molecule has 0 aliphatic heterocycles. The highest BCUT2D eigenvalue weighted by molar-refractivity contribution is 5.96. The molecule has 98 valence electrons. The van der Waals surface area contributed by atoms with Gasteiger partial charge in [0.15, 0.2) is 11.6 Å². The second-order valence-electron chi connectivity index (χ2n) is 4.36. The van der Waals surface area contributed by atoms with Gasteiger partial charge in [0.1, 0.15) is 0 Å². The largest absolute Gasteiger partial charge is 0.462 e. The Morgan fingerprint density at radius 2 is 2.17 bits per heavy atom. The molecule has 0 heterocycles. The highest BCUT2D eigenvalue weighted by Gasteiger charge is 2.27. The smallest absolute Gasteiger partial charge is 0.340 e. The SMILES string of the molecule is CCOC(=O)c1cc(F)c(F)c(C)c1NC1CC1. The van der Waals surface area contributed by atoms with Crippen molar-refractivity contribution in [1.29, 1.82) is 0 Å². The maximum absolute atomic E-state index is 13.5. The summed E-state index contributed by atoms with van der Waals surface area (Å²) in [5.41, 5.74) is 0.514. The Balaban J connectivity index is 2.43. The minimum Gasteiger partial charge on any atom is -0.462 e. The van der Waals surface area contributed by atoms with Gasteiger partial charge in [0.05, 0.1) is 17.9 Å². The van der Waals surface area contributed by atoms with E-state index in [4.69, 9.17) is 4.74 Å². The van der Waals surface area contributed by atoms with Crippen LogP contribution in [0.1, 0.15) is 35.7 Å². The van der Waals surface area contributed by atoms with Crippen LogP contribution in [0.2, 0.25) is 0 Å². The van der Waals surface area contributed by atoms with E-state index in [2.05, 4.69) is 5.32 Å². The molecular formula is C13H15F2NO2. The number of hydrogen-bond acceptors (Lipinski definition) is 3. The monoisotopic (exact) mass is 255 g/mol. The first kappa shape index (κ1) is 12.8. The third kappa shape index (κ3) is 2.44. The van der Waals surface area contributed by atoms with Crippen molar-refractivity contribution in [3.8, 4) is 0 Å². The van der Waals surface area contributed by atoms with E-state index in [1.165, 1.54) is 6.92 Å². The summed E-state index contributed by atoms with van der Waals surface area (Å²) in [6.45, 7) is 3.31. The van der Waals surface area contributed by atoms with Crippen molar-refractivity contribution in [2.75, 3.05) is 11.9 Å². The van der Waals surface area contributed by atoms with E-state index in [0.717, 1.165) is 18.9 Å². The van der Waals surface area contributed by atoms with Gasteiger partial charge in [0.2, 0.25) is 0 Å². The van der Waals surface area contributed by atoms with Crippen LogP contribution in [0.25, 0.3) is 0 Å². The van der Waals surface area contributed by atoms with Gasteiger partial charge < -0.3 is 10.1 Å². The Labute approximate surface area is 104 Å². The predicted molar refractivity (Wildman–Crippen MR) is 63.7 cm³/mol. The number of ether oxygens (including phenoxy) is 1. The van der Waals surface area contributed by atoms with E-state index < -0.39 is 17.6 Å². The van der Waals surface area contributed by atoms with Crippen LogP contribution in [0, 0.1) is 18.6 Å². The summed E-state index contributed by atoms with van der Waals surface area (Å²) in [5, 5.41) is 3.05. The van der Waals surface area contributed by atoms with Crippen molar-refractivity contribution >= 4 is 11.7 Å². The van der Waals surface area contributed by atoms with E-state index in [-0.39, 0.29) is 23.8 Å². The minimum absolute atomic E-state index is 0.0557. The van der Waals surface area contributed by atoms with Crippen LogP contribution in [0.3, 0.4) is 0 Å². The lowest BCUT2D eigenvalue weighted by atomic mass is 10.1. The van der Waals surface area contributed by atoms with Crippen molar-refractivity contribution in [3.05, 3.63) is 28.8 Å². The van der Waals surface area contributed by atoms with Crippen molar-refractivity contribution in [2.24, 2.45) is 0 Å². The van der Waals surface area contributed by atoms with Crippen molar-refractivity contribution in [1.82, 2.24) is 0 Å². The Hall–Kier alpha value is -1.65. The molecule has 1 N–H and O–H groups in total. The molecule has 2 rings (SSSR count). The first-order valence-electron chi connectivity index (χ1n) is 5.96.